The van der Waals surface area contributed by atoms with Gasteiger partial charge in [-0.15, -0.1) is 0 Å². The van der Waals surface area contributed by atoms with E-state index in [1.807, 2.05) is 0 Å². The number of aliphatic hydroxyl groups is 1. The van der Waals surface area contributed by atoms with Gasteiger partial charge in [0.2, 0.25) is 0 Å². The molecule has 0 spiro atoms. The second kappa shape index (κ2) is 60.6. The van der Waals surface area contributed by atoms with E-state index in [4.69, 9.17) is 9.47 Å². The second-order valence-corrected chi connectivity index (χ2v) is 20.4. The minimum Gasteiger partial charge on any atom is -0.462 e. The van der Waals surface area contributed by atoms with Crippen LogP contribution in [0.4, 0.5) is 0 Å². The second-order valence-electron chi connectivity index (χ2n) is 20.4. The fraction of sp³-hybridized carbons (Fsp3) is 0.785. The molecular formula is C65H116O5. The zero-order chi connectivity index (χ0) is 50.6. The first kappa shape index (κ1) is 67.3. The maximum absolute atomic E-state index is 12.3. The van der Waals surface area contributed by atoms with Crippen LogP contribution in [0.25, 0.3) is 0 Å². The predicted molar refractivity (Wildman–Crippen MR) is 306 cm³/mol. The van der Waals surface area contributed by atoms with Gasteiger partial charge in [-0.1, -0.05) is 286 Å². The molecule has 0 radical (unpaired) electrons. The van der Waals surface area contributed by atoms with E-state index in [0.717, 1.165) is 70.6 Å². The summed E-state index contributed by atoms with van der Waals surface area (Å²) in [6, 6.07) is 0. The minimum absolute atomic E-state index is 0.0649. The normalized spacial score (nSPS) is 12.7. The van der Waals surface area contributed by atoms with Crippen molar-refractivity contribution in [2.75, 3.05) is 13.2 Å². The summed E-state index contributed by atoms with van der Waals surface area (Å²) in [7, 11) is 0. The number of carbonyl (C=O) groups is 2. The minimum atomic E-state index is -0.775. The summed E-state index contributed by atoms with van der Waals surface area (Å²) in [5.74, 6) is -0.579. The van der Waals surface area contributed by atoms with Crippen LogP contribution in [0.1, 0.15) is 309 Å². The summed E-state index contributed by atoms with van der Waals surface area (Å²) in [4.78, 5) is 24.6. The van der Waals surface area contributed by atoms with Crippen molar-refractivity contribution in [2.24, 2.45) is 0 Å². The molecule has 0 rings (SSSR count). The van der Waals surface area contributed by atoms with E-state index in [1.54, 1.807) is 0 Å². The zero-order valence-corrected chi connectivity index (χ0v) is 46.5. The Bertz CT molecular complexity index is 1240. The number of aliphatic hydroxyl groups excluding tert-OH is 1. The Morgan fingerprint density at radius 2 is 0.614 bits per heavy atom. The highest BCUT2D eigenvalue weighted by Crippen LogP contribution is 2.17. The molecule has 0 bridgehead atoms. The van der Waals surface area contributed by atoms with E-state index in [9.17, 15) is 14.7 Å². The molecule has 1 N–H and O–H groups in total. The van der Waals surface area contributed by atoms with Gasteiger partial charge in [-0.25, -0.2) is 0 Å². The molecule has 0 aromatic rings. The fourth-order valence-corrected chi connectivity index (χ4v) is 8.93. The molecule has 406 valence electrons. The van der Waals surface area contributed by atoms with Crippen LogP contribution in [0.3, 0.4) is 0 Å². The molecule has 0 saturated heterocycles. The number of hydrogen-bond acceptors (Lipinski definition) is 5. The lowest BCUT2D eigenvalue weighted by Crippen LogP contribution is -2.28. The van der Waals surface area contributed by atoms with Gasteiger partial charge in [0.05, 0.1) is 6.61 Å². The number of allylic oxidation sites excluding steroid dienone is 12. The summed E-state index contributed by atoms with van der Waals surface area (Å²) in [6.45, 7) is 4.05. The molecule has 0 amide bonds. The van der Waals surface area contributed by atoms with Crippen molar-refractivity contribution in [1.82, 2.24) is 0 Å². The quantitative estimate of drug-likeness (QED) is 0.0373. The van der Waals surface area contributed by atoms with Gasteiger partial charge in [0.15, 0.2) is 6.10 Å². The molecule has 5 nitrogen and oxygen atoms in total. The van der Waals surface area contributed by atoms with Crippen LogP contribution in [0.5, 0.6) is 0 Å². The Morgan fingerprint density at radius 1 is 0.343 bits per heavy atom. The first-order valence-electron chi connectivity index (χ1n) is 30.5. The largest absolute Gasteiger partial charge is 0.462 e. The fourth-order valence-electron chi connectivity index (χ4n) is 8.93. The number of unbranched alkanes of at least 4 members (excludes halogenated alkanes) is 36. The third-order valence-corrected chi connectivity index (χ3v) is 13.5. The van der Waals surface area contributed by atoms with Crippen molar-refractivity contribution in [3.8, 4) is 0 Å². The molecule has 0 aliphatic carbocycles. The van der Waals surface area contributed by atoms with Crippen molar-refractivity contribution >= 4 is 11.9 Å². The summed E-state index contributed by atoms with van der Waals surface area (Å²) in [6.07, 6.45) is 83.2. The van der Waals surface area contributed by atoms with Crippen LogP contribution in [0, 0.1) is 0 Å². The summed E-state index contributed by atoms with van der Waals surface area (Å²) < 4.78 is 10.7. The number of esters is 2. The molecule has 0 fully saturated rings. The number of ether oxygens (including phenoxy) is 2. The zero-order valence-electron chi connectivity index (χ0n) is 46.5. The Balaban J connectivity index is 3.45. The average Bonchev–Trinajstić information content (AvgIpc) is 3.36. The number of carbonyl (C=O) groups excluding carboxylic acids is 2. The first-order chi connectivity index (χ1) is 34.6. The topological polar surface area (TPSA) is 72.8 Å². The van der Waals surface area contributed by atoms with Gasteiger partial charge in [0, 0.05) is 12.8 Å². The van der Waals surface area contributed by atoms with Gasteiger partial charge < -0.3 is 14.6 Å². The predicted octanol–water partition coefficient (Wildman–Crippen LogP) is 20.8. The molecule has 0 aromatic carbocycles. The molecule has 0 aliphatic heterocycles. The Kier molecular flexibility index (Phi) is 58.3. The molecule has 0 aromatic heterocycles. The van der Waals surface area contributed by atoms with Crippen molar-refractivity contribution in [1.29, 1.82) is 0 Å². The van der Waals surface area contributed by atoms with E-state index in [2.05, 4.69) is 86.8 Å². The molecule has 0 heterocycles. The Labute approximate surface area is 435 Å². The van der Waals surface area contributed by atoms with E-state index < -0.39 is 6.10 Å². The molecule has 70 heavy (non-hydrogen) atoms. The third-order valence-electron chi connectivity index (χ3n) is 13.5. The number of rotatable bonds is 56. The van der Waals surface area contributed by atoms with Crippen molar-refractivity contribution < 1.29 is 24.2 Å². The van der Waals surface area contributed by atoms with Gasteiger partial charge in [-0.3, -0.25) is 9.59 Å². The highest BCUT2D eigenvalue weighted by molar-refractivity contribution is 5.70. The van der Waals surface area contributed by atoms with E-state index in [1.165, 1.54) is 212 Å². The van der Waals surface area contributed by atoms with Crippen LogP contribution in [-0.4, -0.2) is 36.4 Å². The van der Waals surface area contributed by atoms with Gasteiger partial charge in [0.1, 0.15) is 6.61 Å². The van der Waals surface area contributed by atoms with Gasteiger partial charge in [-0.2, -0.15) is 0 Å². The molecule has 0 aliphatic rings. The van der Waals surface area contributed by atoms with E-state index >= 15 is 0 Å². The van der Waals surface area contributed by atoms with Crippen LogP contribution in [-0.2, 0) is 19.1 Å². The summed E-state index contributed by atoms with van der Waals surface area (Å²) in [5, 5.41) is 9.67. The lowest BCUT2D eigenvalue weighted by Gasteiger charge is -2.15. The molecular weight excluding hydrogens is 861 g/mol. The maximum atomic E-state index is 12.3. The van der Waals surface area contributed by atoms with Crippen molar-refractivity contribution in [3.05, 3.63) is 72.9 Å². The van der Waals surface area contributed by atoms with Crippen LogP contribution in [0.15, 0.2) is 72.9 Å². The van der Waals surface area contributed by atoms with E-state index in [-0.39, 0.29) is 25.2 Å². The SMILES string of the molecule is CC/C=C\C/C=C\C/C=C\C/C=C\CCCCCCCCCCCCCCCCC(=O)OC(CO)COC(=O)CCCCCCCCCCCCCCCCCCC/C=C\C/C=C\CCCCCCC. The van der Waals surface area contributed by atoms with Gasteiger partial charge >= 0.3 is 11.9 Å². The Morgan fingerprint density at radius 3 is 0.929 bits per heavy atom. The van der Waals surface area contributed by atoms with Gasteiger partial charge in [0.25, 0.3) is 0 Å². The van der Waals surface area contributed by atoms with Crippen LogP contribution >= 0.6 is 0 Å². The molecule has 1 unspecified atom stereocenters. The standard InChI is InChI=1S/C65H116O5/c1-3-5-7-9-11-13-15-17-19-21-23-25-27-29-31-32-34-35-37-39-41-43-45-47-49-51-53-55-57-59-64(67)69-62-63(61-66)70-65(68)60-58-56-54-52-50-48-46-44-42-40-38-36-33-30-28-26-24-22-20-18-16-14-12-10-8-6-4-2/h6,8,12,14-15,17-18,20-21,23-24,26,63,66H,3-5,7,9-11,13,16,19,22,25,27-62H2,1-2H3/b8-6-,14-12-,17-15-,20-18-,23-21-,26-24-. The molecule has 0 saturated carbocycles. The maximum Gasteiger partial charge on any atom is 0.306 e. The highest BCUT2D eigenvalue weighted by Gasteiger charge is 2.16. The highest BCUT2D eigenvalue weighted by atomic mass is 16.6. The summed E-state index contributed by atoms with van der Waals surface area (Å²) in [5.41, 5.74) is 0. The van der Waals surface area contributed by atoms with Gasteiger partial charge in [-0.05, 0) is 83.5 Å². The monoisotopic (exact) mass is 977 g/mol. The van der Waals surface area contributed by atoms with E-state index in [0.29, 0.717) is 12.8 Å². The lowest BCUT2D eigenvalue weighted by atomic mass is 10.0. The molecule has 5 heteroatoms. The summed E-state index contributed by atoms with van der Waals surface area (Å²) >= 11 is 0. The van der Waals surface area contributed by atoms with Crippen molar-refractivity contribution in [3.63, 3.8) is 0 Å². The van der Waals surface area contributed by atoms with Crippen LogP contribution in [0.2, 0.25) is 0 Å². The van der Waals surface area contributed by atoms with Crippen LogP contribution < -0.4 is 0 Å². The first-order valence-corrected chi connectivity index (χ1v) is 30.5. The number of hydrogen-bond donors (Lipinski definition) is 1. The van der Waals surface area contributed by atoms with Crippen molar-refractivity contribution in [2.45, 2.75) is 315 Å². The third kappa shape index (κ3) is 57.9. The Hall–Kier alpha value is -2.66. The smallest absolute Gasteiger partial charge is 0.306 e. The molecule has 1 atom stereocenters. The average molecular weight is 978 g/mol. The lowest BCUT2D eigenvalue weighted by molar-refractivity contribution is -0.161.